The van der Waals surface area contributed by atoms with Gasteiger partial charge in [-0.2, -0.15) is 0 Å². The van der Waals surface area contributed by atoms with Crippen molar-refractivity contribution in [1.82, 2.24) is 5.32 Å². The number of carbonyl (C=O) groups is 1. The molecule has 3 nitrogen and oxygen atoms in total. The minimum Gasteiger partial charge on any atom is -0.489 e. The third-order valence-electron chi connectivity index (χ3n) is 2.37. The first-order valence-electron chi connectivity index (χ1n) is 5.59. The molecule has 0 fully saturated rings. The summed E-state index contributed by atoms with van der Waals surface area (Å²) in [7, 11) is 0. The zero-order valence-electron chi connectivity index (χ0n) is 10.4. The lowest BCUT2D eigenvalue weighted by Gasteiger charge is -2.17. The van der Waals surface area contributed by atoms with Crippen LogP contribution in [0.2, 0.25) is 0 Å². The highest BCUT2D eigenvalue weighted by Gasteiger charge is 2.07. The first kappa shape index (κ1) is 14.0. The Morgan fingerprint density at radius 2 is 2.18 bits per heavy atom. The number of nitrogens with one attached hydrogen (secondary N) is 1. The molecule has 17 heavy (non-hydrogen) atoms. The van der Waals surface area contributed by atoms with Gasteiger partial charge in [0.1, 0.15) is 11.9 Å². The van der Waals surface area contributed by atoms with E-state index in [1.54, 1.807) is 0 Å². The molecule has 0 aliphatic heterocycles. The summed E-state index contributed by atoms with van der Waals surface area (Å²) in [4.78, 5) is 11.1. The third kappa shape index (κ3) is 4.77. The molecule has 1 amide bonds. The summed E-state index contributed by atoms with van der Waals surface area (Å²) in [5.74, 6) is 0.845. The van der Waals surface area contributed by atoms with Crippen LogP contribution in [-0.4, -0.2) is 23.9 Å². The first-order chi connectivity index (χ1) is 8.02. The van der Waals surface area contributed by atoms with Crippen molar-refractivity contribution < 1.29 is 9.53 Å². The van der Waals surface area contributed by atoms with E-state index in [9.17, 15) is 4.79 Å². The molecule has 1 rings (SSSR count). The monoisotopic (exact) mass is 299 g/mol. The van der Waals surface area contributed by atoms with E-state index >= 15 is 0 Å². The van der Waals surface area contributed by atoms with Crippen LogP contribution in [0.25, 0.3) is 0 Å². The topological polar surface area (TPSA) is 38.3 Å². The van der Waals surface area contributed by atoms with E-state index in [1.165, 1.54) is 5.56 Å². The molecule has 1 N–H and O–H groups in total. The van der Waals surface area contributed by atoms with Crippen molar-refractivity contribution in [3.63, 3.8) is 0 Å². The first-order valence-corrected chi connectivity index (χ1v) is 6.71. The van der Waals surface area contributed by atoms with Crippen LogP contribution in [0.1, 0.15) is 18.1 Å². The normalized spacial score (nSPS) is 12.0. The second kappa shape index (κ2) is 6.64. The summed E-state index contributed by atoms with van der Waals surface area (Å²) in [6.07, 6.45) is -0.0422. The van der Waals surface area contributed by atoms with Gasteiger partial charge in [-0.05, 0) is 32.4 Å². The number of alkyl halides is 1. The average Bonchev–Trinajstić information content (AvgIpc) is 2.29. The van der Waals surface area contributed by atoms with E-state index in [0.29, 0.717) is 11.9 Å². The summed E-state index contributed by atoms with van der Waals surface area (Å²) in [6.45, 7) is 6.52. The lowest BCUT2D eigenvalue weighted by molar-refractivity contribution is -0.118. The number of rotatable bonds is 5. The Labute approximate surface area is 111 Å². The lowest BCUT2D eigenvalue weighted by Crippen LogP contribution is -2.34. The maximum Gasteiger partial charge on any atom is 0.230 e. The Bertz CT molecular complexity index is 393. The van der Waals surface area contributed by atoms with Crippen LogP contribution in [-0.2, 0) is 4.79 Å². The van der Waals surface area contributed by atoms with E-state index in [0.717, 1.165) is 11.3 Å². The van der Waals surface area contributed by atoms with Crippen molar-refractivity contribution in [1.29, 1.82) is 0 Å². The molecule has 1 unspecified atom stereocenters. The highest BCUT2D eigenvalue weighted by Crippen LogP contribution is 2.19. The van der Waals surface area contributed by atoms with Gasteiger partial charge in [0.25, 0.3) is 0 Å². The molecule has 0 saturated heterocycles. The zero-order chi connectivity index (χ0) is 12.8. The largest absolute Gasteiger partial charge is 0.489 e. The second-order valence-electron chi connectivity index (χ2n) is 4.14. The van der Waals surface area contributed by atoms with E-state index in [4.69, 9.17) is 4.74 Å². The standard InChI is InChI=1S/C13H18BrNO2/c1-9-4-5-12(10(2)6-9)17-11(3)8-15-13(16)7-14/h4-6,11H,7-8H2,1-3H3,(H,15,16). The zero-order valence-corrected chi connectivity index (χ0v) is 12.0. The summed E-state index contributed by atoms with van der Waals surface area (Å²) < 4.78 is 5.76. The van der Waals surface area contributed by atoms with Gasteiger partial charge in [-0.25, -0.2) is 0 Å². The van der Waals surface area contributed by atoms with Gasteiger partial charge in [0.2, 0.25) is 5.91 Å². The second-order valence-corrected chi connectivity index (χ2v) is 4.70. The predicted molar refractivity (Wildman–Crippen MR) is 72.8 cm³/mol. The Balaban J connectivity index is 2.50. The van der Waals surface area contributed by atoms with Gasteiger partial charge in [-0.15, -0.1) is 0 Å². The number of hydrogen-bond donors (Lipinski definition) is 1. The van der Waals surface area contributed by atoms with Crippen LogP contribution in [0.5, 0.6) is 5.75 Å². The average molecular weight is 300 g/mol. The number of halogens is 1. The molecular formula is C13H18BrNO2. The molecule has 1 aromatic carbocycles. The van der Waals surface area contributed by atoms with E-state index in [2.05, 4.69) is 34.2 Å². The summed E-state index contributed by atoms with van der Waals surface area (Å²) in [6, 6.07) is 6.07. The minimum atomic E-state index is -0.0422. The van der Waals surface area contributed by atoms with Crippen molar-refractivity contribution in [3.05, 3.63) is 29.3 Å². The summed E-state index contributed by atoms with van der Waals surface area (Å²) in [5.41, 5.74) is 2.33. The highest BCUT2D eigenvalue weighted by molar-refractivity contribution is 9.09. The molecule has 0 aliphatic carbocycles. The van der Waals surface area contributed by atoms with Gasteiger partial charge in [-0.3, -0.25) is 4.79 Å². The number of ether oxygens (including phenoxy) is 1. The Morgan fingerprint density at radius 3 is 2.76 bits per heavy atom. The third-order valence-corrected chi connectivity index (χ3v) is 2.88. The van der Waals surface area contributed by atoms with Crippen LogP contribution >= 0.6 is 15.9 Å². The van der Waals surface area contributed by atoms with Crippen LogP contribution in [0.3, 0.4) is 0 Å². The van der Waals surface area contributed by atoms with Crippen LogP contribution in [0.4, 0.5) is 0 Å². The maximum atomic E-state index is 11.1. The van der Waals surface area contributed by atoms with E-state index < -0.39 is 0 Å². The van der Waals surface area contributed by atoms with Crippen LogP contribution in [0.15, 0.2) is 18.2 Å². The SMILES string of the molecule is Cc1ccc(OC(C)CNC(=O)CBr)c(C)c1. The van der Waals surface area contributed by atoms with Gasteiger partial charge in [0.05, 0.1) is 11.9 Å². The molecule has 94 valence electrons. The molecule has 4 heteroatoms. The molecule has 0 aliphatic rings. The van der Waals surface area contributed by atoms with Crippen molar-refractivity contribution in [2.24, 2.45) is 0 Å². The molecular weight excluding hydrogens is 282 g/mol. The number of aryl methyl sites for hydroxylation is 2. The fourth-order valence-electron chi connectivity index (χ4n) is 1.49. The van der Waals surface area contributed by atoms with Gasteiger partial charge >= 0.3 is 0 Å². The summed E-state index contributed by atoms with van der Waals surface area (Å²) in [5, 5.41) is 3.10. The van der Waals surface area contributed by atoms with Crippen LogP contribution < -0.4 is 10.1 Å². The maximum absolute atomic E-state index is 11.1. The van der Waals surface area contributed by atoms with Crippen LogP contribution in [0, 0.1) is 13.8 Å². The molecule has 0 heterocycles. The van der Waals surface area contributed by atoms with Gasteiger partial charge in [-0.1, -0.05) is 33.6 Å². The molecule has 1 aromatic rings. The number of carbonyl (C=O) groups excluding carboxylic acids is 1. The molecule has 0 spiro atoms. The van der Waals surface area contributed by atoms with E-state index in [-0.39, 0.29) is 12.0 Å². The van der Waals surface area contributed by atoms with Gasteiger partial charge in [0, 0.05) is 0 Å². The highest BCUT2D eigenvalue weighted by atomic mass is 79.9. The predicted octanol–water partition coefficient (Wildman–Crippen LogP) is 2.58. The Hall–Kier alpha value is -1.03. The van der Waals surface area contributed by atoms with Gasteiger partial charge in [0.15, 0.2) is 0 Å². The Kier molecular flexibility index (Phi) is 5.48. The quantitative estimate of drug-likeness (QED) is 0.849. The Morgan fingerprint density at radius 1 is 1.47 bits per heavy atom. The molecule has 0 aromatic heterocycles. The number of hydrogen-bond acceptors (Lipinski definition) is 2. The molecule has 0 bridgehead atoms. The van der Waals surface area contributed by atoms with Crippen molar-refractivity contribution in [2.75, 3.05) is 11.9 Å². The summed E-state index contributed by atoms with van der Waals surface area (Å²) >= 11 is 3.10. The molecule has 1 atom stereocenters. The number of benzene rings is 1. The van der Waals surface area contributed by atoms with Crippen molar-refractivity contribution >= 4 is 21.8 Å². The number of amides is 1. The lowest BCUT2D eigenvalue weighted by atomic mass is 10.1. The molecule has 0 radical (unpaired) electrons. The van der Waals surface area contributed by atoms with Crippen molar-refractivity contribution in [3.8, 4) is 5.75 Å². The van der Waals surface area contributed by atoms with E-state index in [1.807, 2.05) is 26.0 Å². The van der Waals surface area contributed by atoms with Crippen molar-refractivity contribution in [2.45, 2.75) is 26.9 Å². The minimum absolute atomic E-state index is 0.0268. The fourth-order valence-corrected chi connectivity index (χ4v) is 1.69. The smallest absolute Gasteiger partial charge is 0.230 e. The molecule has 0 saturated carbocycles. The van der Waals surface area contributed by atoms with Gasteiger partial charge < -0.3 is 10.1 Å². The fraction of sp³-hybridized carbons (Fsp3) is 0.462.